The van der Waals surface area contributed by atoms with Crippen molar-refractivity contribution in [2.24, 2.45) is 0 Å². The van der Waals surface area contributed by atoms with Gasteiger partial charge >= 0.3 is 5.97 Å². The van der Waals surface area contributed by atoms with E-state index in [-0.39, 0.29) is 16.5 Å². The topological polar surface area (TPSA) is 37.3 Å². The number of rotatable bonds is 3. The van der Waals surface area contributed by atoms with Gasteiger partial charge in [-0.1, -0.05) is 22.0 Å². The highest BCUT2D eigenvalue weighted by molar-refractivity contribution is 9.08. The third kappa shape index (κ3) is 2.29. The van der Waals surface area contributed by atoms with E-state index >= 15 is 0 Å². The minimum atomic E-state index is -2.65. The molecule has 0 aromatic heterocycles. The summed E-state index contributed by atoms with van der Waals surface area (Å²) in [4.78, 5) is 10.5. The molecule has 1 rings (SSSR count). The predicted molar refractivity (Wildman–Crippen MR) is 51.0 cm³/mol. The maximum Gasteiger partial charge on any atom is 0.335 e. The fourth-order valence-corrected chi connectivity index (χ4v) is 1.56. The molecule has 0 aliphatic heterocycles. The molecule has 0 spiro atoms. The number of benzene rings is 1. The van der Waals surface area contributed by atoms with Gasteiger partial charge < -0.3 is 5.11 Å². The molecule has 1 aromatic rings. The zero-order chi connectivity index (χ0) is 10.7. The van der Waals surface area contributed by atoms with Crippen LogP contribution in [0.5, 0.6) is 0 Å². The van der Waals surface area contributed by atoms with E-state index in [0.29, 0.717) is 5.56 Å². The quantitative estimate of drug-likeness (QED) is 0.852. The van der Waals surface area contributed by atoms with Crippen LogP contribution < -0.4 is 0 Å². The van der Waals surface area contributed by atoms with E-state index in [0.717, 1.165) is 6.07 Å². The molecule has 0 fully saturated rings. The van der Waals surface area contributed by atoms with Crippen LogP contribution in [-0.4, -0.2) is 11.1 Å². The van der Waals surface area contributed by atoms with Crippen LogP contribution in [0.15, 0.2) is 18.2 Å². The molecule has 0 amide bonds. The van der Waals surface area contributed by atoms with Crippen LogP contribution in [-0.2, 0) is 5.33 Å². The molecule has 76 valence electrons. The first-order valence-corrected chi connectivity index (χ1v) is 4.88. The van der Waals surface area contributed by atoms with Crippen LogP contribution in [0.2, 0.25) is 0 Å². The largest absolute Gasteiger partial charge is 0.478 e. The Morgan fingerprint density at radius 2 is 2.14 bits per heavy atom. The van der Waals surface area contributed by atoms with Crippen molar-refractivity contribution in [2.75, 3.05) is 0 Å². The number of hydrogen-bond donors (Lipinski definition) is 1. The van der Waals surface area contributed by atoms with Gasteiger partial charge in [-0.3, -0.25) is 0 Å². The minimum Gasteiger partial charge on any atom is -0.478 e. The summed E-state index contributed by atoms with van der Waals surface area (Å²) < 4.78 is 24.9. The molecule has 0 aliphatic rings. The number of carboxylic acid groups (broad SMARTS) is 1. The first-order chi connectivity index (χ1) is 6.56. The van der Waals surface area contributed by atoms with Crippen molar-refractivity contribution in [1.29, 1.82) is 0 Å². The maximum atomic E-state index is 12.4. The Kier molecular flexibility index (Phi) is 3.57. The molecule has 1 aromatic carbocycles. The lowest BCUT2D eigenvalue weighted by Gasteiger charge is -2.06. The second-order valence-electron chi connectivity index (χ2n) is 2.65. The summed E-state index contributed by atoms with van der Waals surface area (Å²) in [6.45, 7) is 0. The average Bonchev–Trinajstić information content (AvgIpc) is 2.16. The maximum absolute atomic E-state index is 12.4. The van der Waals surface area contributed by atoms with E-state index < -0.39 is 12.4 Å². The Hall–Kier alpha value is -0.970. The summed E-state index contributed by atoms with van der Waals surface area (Å²) in [7, 11) is 0. The van der Waals surface area contributed by atoms with E-state index in [1.54, 1.807) is 0 Å². The highest BCUT2D eigenvalue weighted by Crippen LogP contribution is 2.25. The standard InChI is InChI=1S/C9H7BrF2O2/c10-4-6-2-1-5(9(13)14)3-7(6)8(11)12/h1-3,8H,4H2,(H,13,14). The number of alkyl halides is 3. The Bertz CT molecular complexity index is 353. The molecule has 0 atom stereocenters. The van der Waals surface area contributed by atoms with Crippen molar-refractivity contribution in [3.8, 4) is 0 Å². The molecule has 0 aliphatic carbocycles. The SMILES string of the molecule is O=C(O)c1ccc(CBr)c(C(F)F)c1. The number of carbonyl (C=O) groups is 1. The summed E-state index contributed by atoms with van der Waals surface area (Å²) in [5, 5.41) is 8.88. The van der Waals surface area contributed by atoms with Gasteiger partial charge in [0.2, 0.25) is 0 Å². The molecule has 0 radical (unpaired) electrons. The Morgan fingerprint density at radius 3 is 2.57 bits per heavy atom. The van der Waals surface area contributed by atoms with Gasteiger partial charge in [-0.2, -0.15) is 0 Å². The molecule has 0 saturated carbocycles. The van der Waals surface area contributed by atoms with Gasteiger partial charge in [-0.05, 0) is 17.7 Å². The third-order valence-corrected chi connectivity index (χ3v) is 2.38. The van der Waals surface area contributed by atoms with Crippen LogP contribution >= 0.6 is 15.9 Å². The van der Waals surface area contributed by atoms with Crippen molar-refractivity contribution in [3.63, 3.8) is 0 Å². The molecular formula is C9H7BrF2O2. The first-order valence-electron chi connectivity index (χ1n) is 3.76. The zero-order valence-corrected chi connectivity index (χ0v) is 8.59. The number of hydrogen-bond acceptors (Lipinski definition) is 1. The van der Waals surface area contributed by atoms with Crippen LogP contribution in [0.1, 0.15) is 27.9 Å². The van der Waals surface area contributed by atoms with Crippen LogP contribution in [0.3, 0.4) is 0 Å². The van der Waals surface area contributed by atoms with E-state index in [1.807, 2.05) is 0 Å². The van der Waals surface area contributed by atoms with E-state index in [2.05, 4.69) is 15.9 Å². The van der Waals surface area contributed by atoms with Crippen molar-refractivity contribution >= 4 is 21.9 Å². The molecule has 0 bridgehead atoms. The third-order valence-electron chi connectivity index (χ3n) is 1.77. The monoisotopic (exact) mass is 264 g/mol. The van der Waals surface area contributed by atoms with E-state index in [1.165, 1.54) is 12.1 Å². The van der Waals surface area contributed by atoms with Crippen molar-refractivity contribution < 1.29 is 18.7 Å². The highest BCUT2D eigenvalue weighted by Gasteiger charge is 2.14. The molecule has 2 nitrogen and oxygen atoms in total. The van der Waals surface area contributed by atoms with Gasteiger partial charge in [0, 0.05) is 10.9 Å². The second-order valence-corrected chi connectivity index (χ2v) is 3.21. The van der Waals surface area contributed by atoms with Crippen LogP contribution in [0, 0.1) is 0 Å². The van der Waals surface area contributed by atoms with E-state index in [9.17, 15) is 13.6 Å². The summed E-state index contributed by atoms with van der Waals surface area (Å²) in [5.74, 6) is -1.20. The van der Waals surface area contributed by atoms with Gasteiger partial charge in [0.05, 0.1) is 5.56 Å². The molecule has 0 saturated heterocycles. The summed E-state index contributed by atoms with van der Waals surface area (Å²) in [6.07, 6.45) is -2.65. The summed E-state index contributed by atoms with van der Waals surface area (Å²) in [5.41, 5.74) is 0.0526. The molecule has 0 unspecified atom stereocenters. The number of carboxylic acids is 1. The number of aromatic carboxylic acids is 1. The smallest absolute Gasteiger partial charge is 0.335 e. The van der Waals surface area contributed by atoms with Crippen molar-refractivity contribution in [1.82, 2.24) is 0 Å². The Balaban J connectivity index is 3.20. The predicted octanol–water partition coefficient (Wildman–Crippen LogP) is 3.22. The Morgan fingerprint density at radius 1 is 1.50 bits per heavy atom. The molecule has 5 heteroatoms. The highest BCUT2D eigenvalue weighted by atomic mass is 79.9. The second kappa shape index (κ2) is 4.50. The van der Waals surface area contributed by atoms with Crippen LogP contribution in [0.25, 0.3) is 0 Å². The lowest BCUT2D eigenvalue weighted by atomic mass is 10.1. The first kappa shape index (κ1) is 11.1. The van der Waals surface area contributed by atoms with Crippen molar-refractivity contribution in [3.05, 3.63) is 34.9 Å². The van der Waals surface area contributed by atoms with Gasteiger partial charge in [0.25, 0.3) is 6.43 Å². The van der Waals surface area contributed by atoms with Crippen molar-refractivity contribution in [2.45, 2.75) is 11.8 Å². The van der Waals surface area contributed by atoms with Gasteiger partial charge in [-0.25, -0.2) is 13.6 Å². The fraction of sp³-hybridized carbons (Fsp3) is 0.222. The minimum absolute atomic E-state index is 0.120. The van der Waals surface area contributed by atoms with E-state index in [4.69, 9.17) is 5.11 Å². The normalized spacial score (nSPS) is 10.6. The van der Waals surface area contributed by atoms with Gasteiger partial charge in [0.1, 0.15) is 0 Å². The Labute approximate surface area is 87.7 Å². The van der Waals surface area contributed by atoms with Gasteiger partial charge in [-0.15, -0.1) is 0 Å². The lowest BCUT2D eigenvalue weighted by molar-refractivity contribution is 0.0696. The summed E-state index contributed by atoms with van der Waals surface area (Å²) in [6, 6.07) is 3.70. The molecule has 14 heavy (non-hydrogen) atoms. The molecule has 1 N–H and O–H groups in total. The van der Waals surface area contributed by atoms with Crippen LogP contribution in [0.4, 0.5) is 8.78 Å². The average molecular weight is 265 g/mol. The van der Waals surface area contributed by atoms with Gasteiger partial charge in [0.15, 0.2) is 0 Å². The zero-order valence-electron chi connectivity index (χ0n) is 7.01. The summed E-state index contributed by atoms with van der Waals surface area (Å²) >= 11 is 3.06. The fourth-order valence-electron chi connectivity index (χ4n) is 1.05. The number of halogens is 3. The lowest BCUT2D eigenvalue weighted by Crippen LogP contribution is -2.00. The molecular weight excluding hydrogens is 258 g/mol. The molecule has 0 heterocycles.